The number of methoxy groups -OCH3 is 1. The number of ether oxygens (including phenoxy) is 1. The summed E-state index contributed by atoms with van der Waals surface area (Å²) in [5.74, 6) is -1.58. The minimum absolute atomic E-state index is 0.0282. The second-order valence-corrected chi connectivity index (χ2v) is 9.50. The van der Waals surface area contributed by atoms with Crippen LogP contribution in [0, 0.1) is 24.2 Å². The number of alkyl halides is 3. The van der Waals surface area contributed by atoms with Crippen LogP contribution >= 0.6 is 0 Å². The highest BCUT2D eigenvalue weighted by Crippen LogP contribution is 2.39. The lowest BCUT2D eigenvalue weighted by molar-refractivity contribution is -0.183. The van der Waals surface area contributed by atoms with E-state index < -0.39 is 12.1 Å². The molecule has 2 aliphatic heterocycles. The highest BCUT2D eigenvalue weighted by Gasteiger charge is 2.41. The molecule has 0 bridgehead atoms. The topological polar surface area (TPSA) is 98.2 Å². The van der Waals surface area contributed by atoms with E-state index in [1.165, 1.54) is 12.0 Å². The number of carbonyl (C=O) groups excluding carboxylic acids is 2. The maximum Gasteiger partial charge on any atom is 0.391 e. The number of H-pyrrole nitrogens is 1. The largest absolute Gasteiger partial charge is 0.497 e. The Kier molecular flexibility index (Phi) is 6.10. The summed E-state index contributed by atoms with van der Waals surface area (Å²) in [7, 11) is 1.48. The molecule has 0 saturated carbocycles. The van der Waals surface area contributed by atoms with E-state index in [2.05, 4.69) is 16.4 Å². The number of aromatic nitrogens is 1. The van der Waals surface area contributed by atoms with Gasteiger partial charge in [-0.05, 0) is 61.6 Å². The third-order valence-corrected chi connectivity index (χ3v) is 7.39. The Bertz CT molecular complexity index is 1460. The van der Waals surface area contributed by atoms with E-state index in [9.17, 15) is 28.0 Å². The van der Waals surface area contributed by atoms with Gasteiger partial charge in [0.15, 0.2) is 0 Å². The number of aryl methyl sites for hydroxylation is 1. The van der Waals surface area contributed by atoms with Crippen molar-refractivity contribution in [2.24, 2.45) is 5.92 Å². The van der Waals surface area contributed by atoms with Crippen molar-refractivity contribution in [2.75, 3.05) is 26.7 Å². The van der Waals surface area contributed by atoms with Gasteiger partial charge in [-0.3, -0.25) is 9.59 Å². The third-order valence-electron chi connectivity index (χ3n) is 7.39. The molecule has 0 unspecified atom stereocenters. The first-order chi connectivity index (χ1) is 17.6. The molecule has 2 aromatic carbocycles. The quantitative estimate of drug-likeness (QED) is 0.533. The number of nitriles is 1. The van der Waals surface area contributed by atoms with Gasteiger partial charge in [-0.25, -0.2) is 0 Å². The lowest BCUT2D eigenvalue weighted by Crippen LogP contribution is -2.42. The predicted molar refractivity (Wildman–Crippen MR) is 130 cm³/mol. The Labute approximate surface area is 211 Å². The SMILES string of the molecule is COc1cc(C(=O)N2CCC(C(F)(F)F)CC2)cc(-c2[nH]c3c(C)c(C#N)cc4c3c2CCNC4=O)c1. The molecule has 37 heavy (non-hydrogen) atoms. The van der Waals surface area contributed by atoms with Crippen LogP contribution in [0.3, 0.4) is 0 Å². The van der Waals surface area contributed by atoms with E-state index in [0.717, 1.165) is 16.5 Å². The number of hydrogen-bond donors (Lipinski definition) is 2. The minimum atomic E-state index is -4.26. The van der Waals surface area contributed by atoms with Crippen LogP contribution in [0.2, 0.25) is 0 Å². The molecule has 2 N–H and O–H groups in total. The molecule has 3 aromatic rings. The number of hydrogen-bond acceptors (Lipinski definition) is 4. The van der Waals surface area contributed by atoms with Crippen molar-refractivity contribution in [2.45, 2.75) is 32.4 Å². The number of benzene rings is 2. The number of rotatable bonds is 3. The molecule has 1 fully saturated rings. The maximum absolute atomic E-state index is 13.3. The Morgan fingerprint density at radius 1 is 1.19 bits per heavy atom. The molecular formula is C27H25F3N4O3. The summed E-state index contributed by atoms with van der Waals surface area (Å²) in [5, 5.41) is 13.2. The monoisotopic (exact) mass is 510 g/mol. The van der Waals surface area contributed by atoms with Gasteiger partial charge < -0.3 is 19.9 Å². The fourth-order valence-electron chi connectivity index (χ4n) is 5.34. The van der Waals surface area contributed by atoms with Gasteiger partial charge in [-0.15, -0.1) is 0 Å². The van der Waals surface area contributed by atoms with Gasteiger partial charge in [0.1, 0.15) is 5.75 Å². The summed E-state index contributed by atoms with van der Waals surface area (Å²) in [4.78, 5) is 30.9. The Morgan fingerprint density at radius 2 is 1.92 bits per heavy atom. The molecule has 2 amide bonds. The van der Waals surface area contributed by atoms with Crippen molar-refractivity contribution in [1.82, 2.24) is 15.2 Å². The van der Waals surface area contributed by atoms with Crippen LogP contribution in [0.1, 0.15) is 50.2 Å². The number of amides is 2. The smallest absolute Gasteiger partial charge is 0.391 e. The van der Waals surface area contributed by atoms with Crippen molar-refractivity contribution in [3.8, 4) is 23.1 Å². The molecule has 2 aliphatic rings. The van der Waals surface area contributed by atoms with Crippen LogP contribution in [-0.2, 0) is 6.42 Å². The molecule has 192 valence electrons. The van der Waals surface area contributed by atoms with Crippen molar-refractivity contribution >= 4 is 22.7 Å². The maximum atomic E-state index is 13.3. The number of aromatic amines is 1. The number of carbonyl (C=O) groups is 2. The molecule has 0 spiro atoms. The summed E-state index contributed by atoms with van der Waals surface area (Å²) < 4.78 is 44.7. The number of halogens is 3. The number of likely N-dealkylation sites (tertiary alicyclic amines) is 1. The van der Waals surface area contributed by atoms with Crippen molar-refractivity contribution in [1.29, 1.82) is 5.26 Å². The van der Waals surface area contributed by atoms with Gasteiger partial charge in [-0.1, -0.05) is 0 Å². The summed E-state index contributed by atoms with van der Waals surface area (Å²) in [6, 6.07) is 8.80. The van der Waals surface area contributed by atoms with Crippen molar-refractivity contribution < 1.29 is 27.5 Å². The summed E-state index contributed by atoms with van der Waals surface area (Å²) in [6.45, 7) is 2.27. The summed E-state index contributed by atoms with van der Waals surface area (Å²) >= 11 is 0. The lowest BCUT2D eigenvalue weighted by Gasteiger charge is -2.33. The van der Waals surface area contributed by atoms with E-state index in [4.69, 9.17) is 4.74 Å². The molecule has 1 saturated heterocycles. The average molecular weight is 511 g/mol. The van der Waals surface area contributed by atoms with Crippen LogP contribution in [0.5, 0.6) is 5.75 Å². The Balaban J connectivity index is 1.58. The highest BCUT2D eigenvalue weighted by molar-refractivity contribution is 6.11. The Morgan fingerprint density at radius 3 is 2.57 bits per heavy atom. The molecule has 7 nitrogen and oxygen atoms in total. The normalized spacial score (nSPS) is 16.3. The molecule has 0 aliphatic carbocycles. The first-order valence-corrected chi connectivity index (χ1v) is 12.0. The first-order valence-electron chi connectivity index (χ1n) is 12.0. The third kappa shape index (κ3) is 4.28. The van der Waals surface area contributed by atoms with Crippen molar-refractivity contribution in [3.05, 3.63) is 52.1 Å². The molecule has 0 atom stereocenters. The summed E-state index contributed by atoms with van der Waals surface area (Å²) in [6.07, 6.45) is -3.97. The number of nitrogens with one attached hydrogen (secondary N) is 2. The zero-order chi connectivity index (χ0) is 26.5. The van der Waals surface area contributed by atoms with Crippen LogP contribution in [0.15, 0.2) is 24.3 Å². The van der Waals surface area contributed by atoms with E-state index in [1.807, 2.05) is 6.92 Å². The van der Waals surface area contributed by atoms with Gasteiger partial charge >= 0.3 is 6.18 Å². The van der Waals surface area contributed by atoms with Crippen LogP contribution < -0.4 is 10.1 Å². The molecule has 1 aromatic heterocycles. The van der Waals surface area contributed by atoms with E-state index in [-0.39, 0.29) is 37.7 Å². The number of nitrogens with zero attached hydrogens (tertiary/aromatic N) is 2. The van der Waals surface area contributed by atoms with Crippen LogP contribution in [0.4, 0.5) is 13.2 Å². The van der Waals surface area contributed by atoms with Crippen LogP contribution in [0.25, 0.3) is 22.2 Å². The van der Waals surface area contributed by atoms with Gasteiger partial charge in [0.25, 0.3) is 11.8 Å². The molecule has 5 rings (SSSR count). The van der Waals surface area contributed by atoms with E-state index >= 15 is 0 Å². The van der Waals surface area contributed by atoms with Crippen LogP contribution in [-0.4, -0.2) is 54.6 Å². The average Bonchev–Trinajstić information content (AvgIpc) is 3.19. The van der Waals surface area contributed by atoms with Crippen molar-refractivity contribution in [3.63, 3.8) is 0 Å². The first kappa shape index (κ1) is 24.7. The Hall–Kier alpha value is -4.00. The fourth-order valence-corrected chi connectivity index (χ4v) is 5.34. The zero-order valence-electron chi connectivity index (χ0n) is 20.4. The van der Waals surface area contributed by atoms with Gasteiger partial charge in [0, 0.05) is 41.8 Å². The molecule has 3 heterocycles. The molecule has 10 heteroatoms. The van der Waals surface area contributed by atoms with Gasteiger partial charge in [0.2, 0.25) is 0 Å². The lowest BCUT2D eigenvalue weighted by atomic mass is 9.94. The number of piperidine rings is 1. The van der Waals surface area contributed by atoms with Gasteiger partial charge in [0.05, 0.1) is 35.7 Å². The van der Waals surface area contributed by atoms with E-state index in [1.54, 1.807) is 24.3 Å². The predicted octanol–water partition coefficient (Wildman–Crippen LogP) is 4.72. The van der Waals surface area contributed by atoms with Gasteiger partial charge in [-0.2, -0.15) is 18.4 Å². The minimum Gasteiger partial charge on any atom is -0.497 e. The fraction of sp³-hybridized carbons (Fsp3) is 0.370. The standard InChI is InChI=1S/C27H25F3N4O3/c1-14-17(13-31)12-21-22-20(3-6-32-25(21)35)24(33-23(14)22)15-9-16(11-19(10-15)37-2)26(36)34-7-4-18(5-8-34)27(28,29)30/h9-12,18,33H,3-8H2,1-2H3,(H,32,35). The zero-order valence-corrected chi connectivity index (χ0v) is 20.4. The summed E-state index contributed by atoms with van der Waals surface area (Å²) in [5.41, 5.74) is 4.75. The second kappa shape index (κ2) is 9.14. The van der Waals surface area contributed by atoms with E-state index in [0.29, 0.717) is 52.2 Å². The second-order valence-electron chi connectivity index (χ2n) is 9.50. The molecule has 0 radical (unpaired) electrons. The highest BCUT2D eigenvalue weighted by atomic mass is 19.4. The molecular weight excluding hydrogens is 485 g/mol.